The summed E-state index contributed by atoms with van der Waals surface area (Å²) in [6.07, 6.45) is 0. The number of thiophene rings is 1. The number of aryl methyl sites for hydroxylation is 1. The first-order valence-electron chi connectivity index (χ1n) is 6.92. The largest absolute Gasteiger partial charge is 0.497 e. The molecule has 0 saturated carbocycles. The Kier molecular flexibility index (Phi) is 3.85. The van der Waals surface area contributed by atoms with Crippen molar-refractivity contribution in [2.45, 2.75) is 6.92 Å². The minimum Gasteiger partial charge on any atom is -0.497 e. The molecule has 0 unspecified atom stereocenters. The maximum Gasteiger partial charge on any atom is 0.152 e. The third-order valence-corrected chi connectivity index (χ3v) is 4.23. The van der Waals surface area contributed by atoms with Crippen LogP contribution in [0.3, 0.4) is 0 Å². The van der Waals surface area contributed by atoms with Gasteiger partial charge in [-0.25, -0.2) is 9.97 Å². The second kappa shape index (κ2) is 5.81. The highest BCUT2D eigenvalue weighted by atomic mass is 32.1. The predicted molar refractivity (Wildman–Crippen MR) is 92.8 cm³/mol. The van der Waals surface area contributed by atoms with Crippen LogP contribution in [0.25, 0.3) is 10.2 Å². The molecule has 0 spiro atoms. The molecule has 0 saturated heterocycles. The molecule has 2 aromatic heterocycles. The van der Waals surface area contributed by atoms with Gasteiger partial charge in [-0.15, -0.1) is 11.3 Å². The van der Waals surface area contributed by atoms with E-state index in [9.17, 15) is 0 Å². The highest BCUT2D eigenvalue weighted by molar-refractivity contribution is 7.17. The van der Waals surface area contributed by atoms with Crippen LogP contribution in [0.4, 0.5) is 17.2 Å². The van der Waals surface area contributed by atoms with Gasteiger partial charge in [0.1, 0.15) is 11.6 Å². The van der Waals surface area contributed by atoms with Crippen LogP contribution in [0, 0.1) is 6.92 Å². The Hall–Kier alpha value is -2.34. The third-order valence-electron chi connectivity index (χ3n) is 3.32. The maximum atomic E-state index is 5.38. The lowest BCUT2D eigenvalue weighted by molar-refractivity contribution is 0.415. The Morgan fingerprint density at radius 2 is 2.00 bits per heavy atom. The summed E-state index contributed by atoms with van der Waals surface area (Å²) >= 11 is 1.63. The Morgan fingerprint density at radius 1 is 1.18 bits per heavy atom. The third kappa shape index (κ3) is 2.82. The lowest BCUT2D eigenvalue weighted by Gasteiger charge is -2.16. The van der Waals surface area contributed by atoms with Crippen molar-refractivity contribution in [2.75, 3.05) is 31.4 Å². The van der Waals surface area contributed by atoms with Gasteiger partial charge >= 0.3 is 0 Å². The molecule has 0 amide bonds. The van der Waals surface area contributed by atoms with Gasteiger partial charge in [0, 0.05) is 37.6 Å². The maximum absolute atomic E-state index is 5.38. The van der Waals surface area contributed by atoms with Crippen LogP contribution in [-0.4, -0.2) is 31.2 Å². The quantitative estimate of drug-likeness (QED) is 0.793. The fourth-order valence-corrected chi connectivity index (χ4v) is 3.01. The van der Waals surface area contributed by atoms with E-state index < -0.39 is 0 Å². The molecule has 0 fully saturated rings. The topological polar surface area (TPSA) is 50.3 Å². The van der Waals surface area contributed by atoms with E-state index in [0.717, 1.165) is 39.0 Å². The highest BCUT2D eigenvalue weighted by Gasteiger charge is 2.09. The van der Waals surface area contributed by atoms with Crippen LogP contribution < -0.4 is 15.0 Å². The molecule has 3 aromatic rings. The van der Waals surface area contributed by atoms with Crippen LogP contribution >= 0.6 is 11.3 Å². The number of nitrogens with one attached hydrogen (secondary N) is 1. The lowest BCUT2D eigenvalue weighted by atomic mass is 10.2. The summed E-state index contributed by atoms with van der Waals surface area (Å²) in [5.74, 6) is 2.39. The zero-order valence-electron chi connectivity index (χ0n) is 13.0. The average molecular weight is 314 g/mol. The summed E-state index contributed by atoms with van der Waals surface area (Å²) in [6.45, 7) is 1.90. The first kappa shape index (κ1) is 14.6. The number of ether oxygens (including phenoxy) is 1. The number of nitrogens with zero attached hydrogens (tertiary/aromatic N) is 3. The molecular weight excluding hydrogens is 296 g/mol. The molecule has 0 bridgehead atoms. The van der Waals surface area contributed by atoms with Gasteiger partial charge in [-0.05, 0) is 24.4 Å². The van der Waals surface area contributed by atoms with Crippen LogP contribution in [0.2, 0.25) is 0 Å². The smallest absolute Gasteiger partial charge is 0.152 e. The van der Waals surface area contributed by atoms with Crippen molar-refractivity contribution in [2.24, 2.45) is 0 Å². The normalized spacial score (nSPS) is 10.7. The second-order valence-corrected chi connectivity index (χ2v) is 6.11. The van der Waals surface area contributed by atoms with Crippen molar-refractivity contribution in [3.05, 3.63) is 35.5 Å². The molecule has 6 heteroatoms. The Labute approximate surface area is 133 Å². The van der Waals surface area contributed by atoms with Crippen LogP contribution in [0.15, 0.2) is 29.6 Å². The van der Waals surface area contributed by atoms with Crippen LogP contribution in [0.1, 0.15) is 5.82 Å². The van der Waals surface area contributed by atoms with E-state index >= 15 is 0 Å². The van der Waals surface area contributed by atoms with Crippen LogP contribution in [-0.2, 0) is 0 Å². The Bertz CT molecular complexity index is 813. The van der Waals surface area contributed by atoms with Gasteiger partial charge in [-0.2, -0.15) is 0 Å². The van der Waals surface area contributed by atoms with Crippen molar-refractivity contribution in [3.63, 3.8) is 0 Å². The molecular formula is C16H18N4OS. The fraction of sp³-hybridized carbons (Fsp3) is 0.250. The summed E-state index contributed by atoms with van der Waals surface area (Å²) in [5, 5.41) is 5.43. The first-order chi connectivity index (χ1) is 10.6. The molecule has 0 radical (unpaired) electrons. The van der Waals surface area contributed by atoms with E-state index in [4.69, 9.17) is 4.74 Å². The average Bonchev–Trinajstić information content (AvgIpc) is 2.95. The van der Waals surface area contributed by atoms with E-state index in [1.54, 1.807) is 18.4 Å². The fourth-order valence-electron chi connectivity index (χ4n) is 2.23. The Morgan fingerprint density at radius 3 is 2.73 bits per heavy atom. The summed E-state index contributed by atoms with van der Waals surface area (Å²) in [4.78, 5) is 11.0. The van der Waals surface area contributed by atoms with Gasteiger partial charge in [-0.3, -0.25) is 0 Å². The zero-order valence-corrected chi connectivity index (χ0v) is 13.9. The van der Waals surface area contributed by atoms with Crippen molar-refractivity contribution in [1.82, 2.24) is 9.97 Å². The number of benzene rings is 1. The number of hydrogen-bond donors (Lipinski definition) is 1. The number of fused-ring (bicyclic) bond motifs is 1. The summed E-state index contributed by atoms with van der Waals surface area (Å²) < 4.78 is 6.44. The first-order valence-corrected chi connectivity index (χ1v) is 7.80. The van der Waals surface area contributed by atoms with E-state index in [-0.39, 0.29) is 0 Å². The highest BCUT2D eigenvalue weighted by Crippen LogP contribution is 2.31. The molecule has 3 rings (SSSR count). The molecule has 0 aliphatic carbocycles. The standard InChI is InChI=1S/C16H18N4OS/c1-10-17-14-5-6-22-15(14)16(18-10)19-11-7-12(20(2)3)9-13(8-11)21-4/h5-9H,1-4H3,(H,17,18,19). The molecule has 0 aliphatic rings. The molecule has 0 aliphatic heterocycles. The number of rotatable bonds is 4. The zero-order chi connectivity index (χ0) is 15.7. The number of hydrogen-bond acceptors (Lipinski definition) is 6. The second-order valence-electron chi connectivity index (χ2n) is 5.19. The van der Waals surface area contributed by atoms with Crippen molar-refractivity contribution >= 4 is 38.7 Å². The molecule has 22 heavy (non-hydrogen) atoms. The van der Waals surface area contributed by atoms with Gasteiger partial charge in [-0.1, -0.05) is 0 Å². The minimum absolute atomic E-state index is 0.754. The molecule has 1 aromatic carbocycles. The summed E-state index contributed by atoms with van der Waals surface area (Å²) in [6, 6.07) is 8.04. The monoisotopic (exact) mass is 314 g/mol. The lowest BCUT2D eigenvalue weighted by Crippen LogP contribution is -2.09. The van der Waals surface area contributed by atoms with E-state index in [2.05, 4.69) is 21.4 Å². The van der Waals surface area contributed by atoms with E-state index in [1.807, 2.05) is 49.5 Å². The molecule has 5 nitrogen and oxygen atoms in total. The summed E-state index contributed by atoms with van der Waals surface area (Å²) in [5.41, 5.74) is 2.97. The van der Waals surface area contributed by atoms with Crippen molar-refractivity contribution < 1.29 is 4.74 Å². The van der Waals surface area contributed by atoms with Gasteiger partial charge in [0.2, 0.25) is 0 Å². The predicted octanol–water partition coefficient (Wildman–Crippen LogP) is 3.82. The molecule has 1 N–H and O–H groups in total. The van der Waals surface area contributed by atoms with E-state index in [1.165, 1.54) is 0 Å². The van der Waals surface area contributed by atoms with Gasteiger partial charge in [0.05, 0.1) is 17.3 Å². The summed E-state index contributed by atoms with van der Waals surface area (Å²) in [7, 11) is 5.68. The van der Waals surface area contributed by atoms with Crippen molar-refractivity contribution in [1.29, 1.82) is 0 Å². The number of methoxy groups -OCH3 is 1. The molecule has 114 valence electrons. The van der Waals surface area contributed by atoms with Gasteiger partial charge < -0.3 is 15.0 Å². The number of anilines is 3. The molecule has 0 atom stereocenters. The Balaban J connectivity index is 2.04. The van der Waals surface area contributed by atoms with E-state index in [0.29, 0.717) is 0 Å². The van der Waals surface area contributed by atoms with Gasteiger partial charge in [0.15, 0.2) is 5.82 Å². The molecule has 2 heterocycles. The van der Waals surface area contributed by atoms with Gasteiger partial charge in [0.25, 0.3) is 0 Å². The SMILES string of the molecule is COc1cc(Nc2nc(C)nc3ccsc23)cc(N(C)C)c1. The van der Waals surface area contributed by atoms with Crippen molar-refractivity contribution in [3.8, 4) is 5.75 Å². The van der Waals surface area contributed by atoms with Crippen LogP contribution in [0.5, 0.6) is 5.75 Å². The number of aromatic nitrogens is 2. The minimum atomic E-state index is 0.754.